The van der Waals surface area contributed by atoms with Crippen molar-refractivity contribution in [2.45, 2.75) is 19.5 Å². The number of anilines is 1. The number of likely N-dealkylation sites (N-methyl/N-ethyl adjacent to an activating group) is 1. The number of halogens is 3. The highest BCUT2D eigenvalue weighted by Gasteiger charge is 2.19. The van der Waals surface area contributed by atoms with Crippen LogP contribution in [0.25, 0.3) is 0 Å². The maximum absolute atomic E-state index is 12.4. The predicted octanol–water partition coefficient (Wildman–Crippen LogP) is 5.11. The third kappa shape index (κ3) is 4.85. The zero-order chi connectivity index (χ0) is 17.0. The van der Waals surface area contributed by atoms with E-state index in [4.69, 9.17) is 34.8 Å². The van der Waals surface area contributed by atoms with E-state index >= 15 is 0 Å². The molecule has 1 unspecified atom stereocenters. The Morgan fingerprint density at radius 3 is 2.43 bits per heavy atom. The zero-order valence-corrected chi connectivity index (χ0v) is 15.1. The monoisotopic (exact) mass is 370 g/mol. The lowest BCUT2D eigenvalue weighted by Crippen LogP contribution is -2.39. The van der Waals surface area contributed by atoms with E-state index < -0.39 is 0 Å². The van der Waals surface area contributed by atoms with E-state index in [1.54, 1.807) is 18.2 Å². The highest BCUT2D eigenvalue weighted by Crippen LogP contribution is 2.29. The minimum absolute atomic E-state index is 0.148. The molecule has 0 aliphatic carbocycles. The average Bonchev–Trinajstić information content (AvgIpc) is 2.53. The fourth-order valence-corrected chi connectivity index (χ4v) is 2.53. The second-order valence-corrected chi connectivity index (χ2v) is 6.53. The lowest BCUT2D eigenvalue weighted by atomic mass is 10.2. The Morgan fingerprint density at radius 2 is 1.78 bits per heavy atom. The molecule has 2 aromatic carbocycles. The first-order valence-corrected chi connectivity index (χ1v) is 8.21. The molecule has 1 N–H and O–H groups in total. The van der Waals surface area contributed by atoms with Crippen molar-refractivity contribution in [2.24, 2.45) is 0 Å². The van der Waals surface area contributed by atoms with Crippen molar-refractivity contribution in [2.75, 3.05) is 12.4 Å². The van der Waals surface area contributed by atoms with Gasteiger partial charge in [0.25, 0.3) is 0 Å². The van der Waals surface area contributed by atoms with Gasteiger partial charge < -0.3 is 5.32 Å². The summed E-state index contributed by atoms with van der Waals surface area (Å²) in [5, 5.41) is 4.25. The van der Waals surface area contributed by atoms with Gasteiger partial charge in [-0.2, -0.15) is 0 Å². The predicted molar refractivity (Wildman–Crippen MR) is 97.5 cm³/mol. The Hall–Kier alpha value is -1.26. The number of carbonyl (C=O) groups excluding carboxylic acids is 1. The lowest BCUT2D eigenvalue weighted by Gasteiger charge is -2.24. The zero-order valence-electron chi connectivity index (χ0n) is 12.8. The highest BCUT2D eigenvalue weighted by atomic mass is 35.5. The van der Waals surface area contributed by atoms with Crippen LogP contribution in [-0.4, -0.2) is 23.9 Å². The van der Waals surface area contributed by atoms with Crippen LogP contribution in [0.2, 0.25) is 15.1 Å². The second-order valence-electron chi connectivity index (χ2n) is 5.31. The number of nitrogens with zero attached hydrogens (tertiary/aromatic N) is 1. The lowest BCUT2D eigenvalue weighted by molar-refractivity contribution is -0.120. The molecule has 122 valence electrons. The summed E-state index contributed by atoms with van der Waals surface area (Å²) in [5.41, 5.74) is 1.59. The van der Waals surface area contributed by atoms with E-state index in [1.807, 2.05) is 43.1 Å². The topological polar surface area (TPSA) is 32.3 Å². The van der Waals surface area contributed by atoms with Crippen LogP contribution < -0.4 is 5.32 Å². The van der Waals surface area contributed by atoms with E-state index in [1.165, 1.54) is 0 Å². The van der Waals surface area contributed by atoms with Crippen LogP contribution in [0.15, 0.2) is 42.5 Å². The molecule has 0 saturated heterocycles. The number of benzene rings is 2. The fraction of sp³-hybridized carbons (Fsp3) is 0.235. The van der Waals surface area contributed by atoms with Crippen LogP contribution in [0.4, 0.5) is 5.69 Å². The normalized spacial score (nSPS) is 12.3. The van der Waals surface area contributed by atoms with Gasteiger partial charge in [0, 0.05) is 11.6 Å². The quantitative estimate of drug-likeness (QED) is 0.792. The van der Waals surface area contributed by atoms with Gasteiger partial charge in [-0.3, -0.25) is 9.69 Å². The third-order valence-electron chi connectivity index (χ3n) is 3.60. The molecule has 0 aromatic heterocycles. The number of carbonyl (C=O) groups is 1. The van der Waals surface area contributed by atoms with Gasteiger partial charge in [0.1, 0.15) is 0 Å². The molecule has 0 fully saturated rings. The van der Waals surface area contributed by atoms with Crippen molar-refractivity contribution >= 4 is 46.4 Å². The molecule has 6 heteroatoms. The van der Waals surface area contributed by atoms with Crippen LogP contribution in [0, 0.1) is 0 Å². The highest BCUT2D eigenvalue weighted by molar-refractivity contribution is 6.44. The molecule has 2 aromatic rings. The smallest absolute Gasteiger partial charge is 0.241 e. The summed E-state index contributed by atoms with van der Waals surface area (Å²) in [6, 6.07) is 12.4. The molecule has 0 bridgehead atoms. The van der Waals surface area contributed by atoms with Gasteiger partial charge in [-0.05, 0) is 43.8 Å². The van der Waals surface area contributed by atoms with E-state index in [0.717, 1.165) is 5.56 Å². The fourth-order valence-electron chi connectivity index (χ4n) is 2.05. The Balaban J connectivity index is 2.01. The first-order valence-electron chi connectivity index (χ1n) is 7.08. The van der Waals surface area contributed by atoms with Gasteiger partial charge >= 0.3 is 0 Å². The molecule has 2 rings (SSSR count). The van der Waals surface area contributed by atoms with Gasteiger partial charge in [0.05, 0.1) is 21.8 Å². The SMILES string of the molecule is CC(C(=O)Nc1cccc(Cl)c1Cl)N(C)Cc1ccc(Cl)cc1. The minimum Gasteiger partial charge on any atom is -0.323 e. The number of hydrogen-bond acceptors (Lipinski definition) is 2. The molecular formula is C17H17Cl3N2O. The van der Waals surface area contributed by atoms with Crippen LogP contribution >= 0.6 is 34.8 Å². The molecule has 0 heterocycles. The summed E-state index contributed by atoms with van der Waals surface area (Å²) in [4.78, 5) is 14.3. The second kappa shape index (κ2) is 8.02. The molecule has 0 aliphatic heterocycles. The van der Waals surface area contributed by atoms with Gasteiger partial charge in [-0.1, -0.05) is 53.0 Å². The number of rotatable bonds is 5. The Kier molecular flexibility index (Phi) is 6.31. The maximum Gasteiger partial charge on any atom is 0.241 e. The molecule has 3 nitrogen and oxygen atoms in total. The van der Waals surface area contributed by atoms with Crippen molar-refractivity contribution < 1.29 is 4.79 Å². The van der Waals surface area contributed by atoms with Crippen molar-refractivity contribution in [3.63, 3.8) is 0 Å². The summed E-state index contributed by atoms with van der Waals surface area (Å²) in [7, 11) is 1.89. The van der Waals surface area contributed by atoms with Crippen LogP contribution in [0.5, 0.6) is 0 Å². The van der Waals surface area contributed by atoms with Gasteiger partial charge in [0.2, 0.25) is 5.91 Å². The van der Waals surface area contributed by atoms with Crippen molar-refractivity contribution in [1.82, 2.24) is 4.90 Å². The van der Waals surface area contributed by atoms with Crippen LogP contribution in [0.3, 0.4) is 0 Å². The molecule has 0 radical (unpaired) electrons. The average molecular weight is 372 g/mol. The molecule has 23 heavy (non-hydrogen) atoms. The minimum atomic E-state index is -0.333. The summed E-state index contributed by atoms with van der Waals surface area (Å²) < 4.78 is 0. The summed E-state index contributed by atoms with van der Waals surface area (Å²) in [6.45, 7) is 2.47. The molecule has 1 amide bonds. The van der Waals surface area contributed by atoms with Crippen molar-refractivity contribution in [1.29, 1.82) is 0 Å². The molecule has 1 atom stereocenters. The van der Waals surface area contributed by atoms with E-state index in [9.17, 15) is 4.79 Å². The summed E-state index contributed by atoms with van der Waals surface area (Å²) >= 11 is 17.9. The number of amides is 1. The standard InChI is InChI=1S/C17H17Cl3N2O/c1-11(22(2)10-12-6-8-13(18)9-7-12)17(23)21-15-5-3-4-14(19)16(15)20/h3-9,11H,10H2,1-2H3,(H,21,23). The van der Waals surface area contributed by atoms with Gasteiger partial charge in [-0.15, -0.1) is 0 Å². The molecule has 0 saturated carbocycles. The molecule has 0 aliphatic rings. The first-order chi connectivity index (χ1) is 10.9. The Labute approximate surface area is 151 Å². The Morgan fingerprint density at radius 1 is 1.13 bits per heavy atom. The maximum atomic E-state index is 12.4. The van der Waals surface area contributed by atoms with Gasteiger partial charge in [-0.25, -0.2) is 0 Å². The summed E-state index contributed by atoms with van der Waals surface area (Å²) in [6.07, 6.45) is 0. The molecular weight excluding hydrogens is 355 g/mol. The first kappa shape index (κ1) is 18.1. The van der Waals surface area contributed by atoms with E-state index in [0.29, 0.717) is 27.3 Å². The van der Waals surface area contributed by atoms with Crippen LogP contribution in [0.1, 0.15) is 12.5 Å². The molecule has 0 spiro atoms. The van der Waals surface area contributed by atoms with E-state index in [2.05, 4.69) is 5.32 Å². The summed E-state index contributed by atoms with van der Waals surface area (Å²) in [5.74, 6) is -0.148. The largest absolute Gasteiger partial charge is 0.323 e. The third-order valence-corrected chi connectivity index (χ3v) is 4.67. The number of hydrogen-bond donors (Lipinski definition) is 1. The Bertz CT molecular complexity index is 689. The van der Waals surface area contributed by atoms with Crippen LogP contribution in [-0.2, 0) is 11.3 Å². The van der Waals surface area contributed by atoms with Gasteiger partial charge in [0.15, 0.2) is 0 Å². The van der Waals surface area contributed by atoms with Crippen molar-refractivity contribution in [3.05, 3.63) is 63.1 Å². The van der Waals surface area contributed by atoms with E-state index in [-0.39, 0.29) is 11.9 Å². The number of nitrogens with one attached hydrogen (secondary N) is 1. The van der Waals surface area contributed by atoms with Crippen molar-refractivity contribution in [3.8, 4) is 0 Å².